The number of nitrogens with zero attached hydrogens (tertiary/aromatic N) is 7. The maximum Gasteiger partial charge on any atom is 0.164 e. The van der Waals surface area contributed by atoms with Crippen molar-refractivity contribution in [2.75, 3.05) is 0 Å². The van der Waals surface area contributed by atoms with Crippen molar-refractivity contribution in [3.63, 3.8) is 0 Å². The molecule has 0 aliphatic rings. The van der Waals surface area contributed by atoms with Crippen molar-refractivity contribution in [2.24, 2.45) is 0 Å². The van der Waals surface area contributed by atoms with Crippen LogP contribution in [0.5, 0.6) is 0 Å². The van der Waals surface area contributed by atoms with Crippen LogP contribution in [-0.2, 0) is 10.8 Å². The Balaban J connectivity index is 1.23. The number of rotatable bonds is 5. The summed E-state index contributed by atoms with van der Waals surface area (Å²) in [7, 11) is 0. The third-order valence-corrected chi connectivity index (χ3v) is 11.4. The monoisotopic (exact) mass is 777 g/mol. The smallest absolute Gasteiger partial charge is 0.164 e. The molecule has 0 aliphatic carbocycles. The summed E-state index contributed by atoms with van der Waals surface area (Å²) in [6.45, 7) is 13.4. The zero-order valence-electron chi connectivity index (χ0n) is 34.6. The summed E-state index contributed by atoms with van der Waals surface area (Å²) in [5.41, 5.74) is 12.7. The van der Waals surface area contributed by atoms with E-state index >= 15 is 0 Å². The predicted molar refractivity (Wildman–Crippen MR) is 246 cm³/mol. The fourth-order valence-electron chi connectivity index (χ4n) is 8.08. The van der Waals surface area contributed by atoms with Gasteiger partial charge in [-0.1, -0.05) is 126 Å². The SMILES string of the molecule is CC(C)(C)c1ccc(-c2nc(-c3ccc(C(C)(C)C)cc3)nc(-c3cc(-c4ccnc5c4ccc4cccnc45)cc(-c4ccnc5c4ccc4cccnc45)c3)n2)cc1. The number of pyridine rings is 4. The van der Waals surface area contributed by atoms with E-state index in [1.807, 2.05) is 36.9 Å². The van der Waals surface area contributed by atoms with E-state index in [0.29, 0.717) is 17.5 Å². The predicted octanol–water partition coefficient (Wildman–Crippen LogP) is 13.0. The number of hydrogen-bond donors (Lipinski definition) is 0. The van der Waals surface area contributed by atoms with Gasteiger partial charge in [0.25, 0.3) is 0 Å². The van der Waals surface area contributed by atoms with Crippen molar-refractivity contribution < 1.29 is 0 Å². The Hall–Kier alpha value is -7.25. The first-order chi connectivity index (χ1) is 29.0. The summed E-state index contributed by atoms with van der Waals surface area (Å²) in [4.78, 5) is 34.8. The molecular weight excluding hydrogens is 735 g/mol. The van der Waals surface area contributed by atoms with Gasteiger partial charge in [0, 0.05) is 63.0 Å². The third-order valence-electron chi connectivity index (χ3n) is 11.4. The van der Waals surface area contributed by atoms with Gasteiger partial charge in [0.1, 0.15) is 0 Å². The highest BCUT2D eigenvalue weighted by atomic mass is 15.0. The maximum atomic E-state index is 5.26. The zero-order chi connectivity index (χ0) is 41.2. The van der Waals surface area contributed by atoms with Gasteiger partial charge in [0.2, 0.25) is 0 Å². The van der Waals surface area contributed by atoms with Crippen LogP contribution in [0, 0.1) is 0 Å². The highest BCUT2D eigenvalue weighted by molar-refractivity contribution is 6.10. The molecular formula is C53H43N7. The minimum absolute atomic E-state index is 0.0125. The molecule has 0 aliphatic heterocycles. The molecule has 7 heteroatoms. The van der Waals surface area contributed by atoms with E-state index in [1.165, 1.54) is 11.1 Å². The van der Waals surface area contributed by atoms with Crippen LogP contribution in [0.2, 0.25) is 0 Å². The number of hydrogen-bond acceptors (Lipinski definition) is 7. The van der Waals surface area contributed by atoms with Gasteiger partial charge in [-0.2, -0.15) is 0 Å². The van der Waals surface area contributed by atoms with Gasteiger partial charge in [-0.25, -0.2) is 15.0 Å². The van der Waals surface area contributed by atoms with Gasteiger partial charge < -0.3 is 0 Å². The molecule has 0 atom stereocenters. The lowest BCUT2D eigenvalue weighted by Gasteiger charge is -2.19. The van der Waals surface area contributed by atoms with Crippen LogP contribution in [-0.4, -0.2) is 34.9 Å². The Bertz CT molecular complexity index is 3060. The summed E-state index contributed by atoms with van der Waals surface area (Å²) in [6, 6.07) is 44.6. The van der Waals surface area contributed by atoms with E-state index in [9.17, 15) is 0 Å². The lowest BCUT2D eigenvalue weighted by molar-refractivity contribution is 0.590. The average Bonchev–Trinajstić information content (AvgIpc) is 3.27. The van der Waals surface area contributed by atoms with Gasteiger partial charge in [-0.15, -0.1) is 0 Å². The normalized spacial score (nSPS) is 12.2. The Labute approximate surface area is 349 Å². The minimum Gasteiger partial charge on any atom is -0.254 e. The van der Waals surface area contributed by atoms with Crippen molar-refractivity contribution in [3.05, 3.63) is 163 Å². The largest absolute Gasteiger partial charge is 0.254 e. The first-order valence-electron chi connectivity index (χ1n) is 20.4. The molecule has 10 aromatic rings. The molecule has 7 nitrogen and oxygen atoms in total. The van der Waals surface area contributed by atoms with Crippen LogP contribution in [0.15, 0.2) is 152 Å². The van der Waals surface area contributed by atoms with E-state index in [1.54, 1.807) is 0 Å². The molecule has 0 bridgehead atoms. The second-order valence-electron chi connectivity index (χ2n) is 17.6. The van der Waals surface area contributed by atoms with Gasteiger partial charge in [-0.05, 0) is 86.7 Å². The van der Waals surface area contributed by atoms with Crippen LogP contribution in [0.3, 0.4) is 0 Å². The zero-order valence-corrected chi connectivity index (χ0v) is 34.6. The molecule has 60 heavy (non-hydrogen) atoms. The average molecular weight is 778 g/mol. The molecule has 0 unspecified atom stereocenters. The molecule has 0 spiro atoms. The minimum atomic E-state index is 0.0125. The van der Waals surface area contributed by atoms with E-state index in [0.717, 1.165) is 82.6 Å². The van der Waals surface area contributed by atoms with Crippen molar-refractivity contribution in [1.82, 2.24) is 34.9 Å². The molecule has 5 aromatic carbocycles. The van der Waals surface area contributed by atoms with E-state index in [-0.39, 0.29) is 10.8 Å². The number of aromatic nitrogens is 7. The lowest BCUT2D eigenvalue weighted by Crippen LogP contribution is -2.10. The molecule has 0 amide bonds. The van der Waals surface area contributed by atoms with Crippen LogP contribution >= 0.6 is 0 Å². The fourth-order valence-corrected chi connectivity index (χ4v) is 8.08. The van der Waals surface area contributed by atoms with E-state index in [2.05, 4.69) is 157 Å². The quantitative estimate of drug-likeness (QED) is 0.161. The third kappa shape index (κ3) is 6.72. The van der Waals surface area contributed by atoms with Crippen LogP contribution in [0.1, 0.15) is 52.7 Å². The lowest BCUT2D eigenvalue weighted by atomic mass is 9.86. The summed E-state index contributed by atoms with van der Waals surface area (Å²) in [5.74, 6) is 1.80. The van der Waals surface area contributed by atoms with Crippen molar-refractivity contribution in [3.8, 4) is 56.4 Å². The number of benzene rings is 5. The van der Waals surface area contributed by atoms with Gasteiger partial charge in [0.05, 0.1) is 22.1 Å². The standard InChI is InChI=1S/C53H43N7/c1-52(2,3)39-17-11-34(12-18-39)49-58-50(35-13-19-40(20-14-35)53(4,5)6)60-51(59-49)38-30-36(41-23-27-56-47-43(41)21-15-32-9-7-25-54-45(32)47)29-37(31-38)42-24-28-57-48-44(42)22-16-33-10-8-26-55-46(33)48/h7-31H,1-6H3. The fraction of sp³-hybridized carbons (Fsp3) is 0.151. The molecule has 0 saturated carbocycles. The van der Waals surface area contributed by atoms with Crippen molar-refractivity contribution in [1.29, 1.82) is 0 Å². The van der Waals surface area contributed by atoms with Crippen molar-refractivity contribution in [2.45, 2.75) is 52.4 Å². The van der Waals surface area contributed by atoms with Crippen molar-refractivity contribution >= 4 is 43.6 Å². The summed E-state index contributed by atoms with van der Waals surface area (Å²) >= 11 is 0. The topological polar surface area (TPSA) is 90.2 Å². The van der Waals surface area contributed by atoms with Crippen LogP contribution < -0.4 is 0 Å². The Morgan fingerprint density at radius 2 is 0.717 bits per heavy atom. The highest BCUT2D eigenvalue weighted by Crippen LogP contribution is 2.39. The van der Waals surface area contributed by atoms with Crippen LogP contribution in [0.25, 0.3) is 100 Å². The molecule has 0 fully saturated rings. The summed E-state index contributed by atoms with van der Waals surface area (Å²) in [6.07, 6.45) is 7.40. The van der Waals surface area contributed by atoms with Gasteiger partial charge >= 0.3 is 0 Å². The van der Waals surface area contributed by atoms with Gasteiger partial charge in [-0.3, -0.25) is 19.9 Å². The molecule has 0 N–H and O–H groups in total. The Morgan fingerprint density at radius 3 is 1.13 bits per heavy atom. The molecule has 290 valence electrons. The van der Waals surface area contributed by atoms with E-state index in [4.69, 9.17) is 34.9 Å². The molecule has 0 radical (unpaired) electrons. The van der Waals surface area contributed by atoms with E-state index < -0.39 is 0 Å². The maximum absolute atomic E-state index is 5.26. The first-order valence-corrected chi connectivity index (χ1v) is 20.4. The highest BCUT2D eigenvalue weighted by Gasteiger charge is 2.20. The molecule has 5 aromatic heterocycles. The molecule has 5 heterocycles. The second-order valence-corrected chi connectivity index (χ2v) is 17.6. The molecule has 0 saturated heterocycles. The second kappa shape index (κ2) is 14.2. The Kier molecular flexibility index (Phi) is 8.79. The summed E-state index contributed by atoms with van der Waals surface area (Å²) < 4.78 is 0. The number of fused-ring (bicyclic) bond motifs is 6. The summed E-state index contributed by atoms with van der Waals surface area (Å²) in [5, 5.41) is 4.11. The van der Waals surface area contributed by atoms with Crippen LogP contribution in [0.4, 0.5) is 0 Å². The first kappa shape index (κ1) is 37.0. The molecule has 10 rings (SSSR count). The van der Waals surface area contributed by atoms with Gasteiger partial charge in [0.15, 0.2) is 17.5 Å². The Morgan fingerprint density at radius 1 is 0.333 bits per heavy atom.